The van der Waals surface area contributed by atoms with Gasteiger partial charge in [-0.15, -0.1) is 11.3 Å². The van der Waals surface area contributed by atoms with Gasteiger partial charge >= 0.3 is 0 Å². The third-order valence-corrected chi connectivity index (χ3v) is 5.55. The van der Waals surface area contributed by atoms with E-state index in [9.17, 15) is 4.79 Å². The van der Waals surface area contributed by atoms with Crippen molar-refractivity contribution in [1.29, 1.82) is 0 Å². The predicted molar refractivity (Wildman–Crippen MR) is 71.1 cm³/mol. The van der Waals surface area contributed by atoms with E-state index in [0.29, 0.717) is 15.8 Å². The molecule has 4 unspecified atom stereocenters. The Morgan fingerprint density at radius 1 is 1.67 bits per heavy atom. The summed E-state index contributed by atoms with van der Waals surface area (Å²) in [7, 11) is 0. The van der Waals surface area contributed by atoms with Crippen LogP contribution in [0.5, 0.6) is 0 Å². The normalized spacial score (nSPS) is 33.9. The van der Waals surface area contributed by atoms with E-state index in [4.69, 9.17) is 22.1 Å². The first-order valence-corrected chi connectivity index (χ1v) is 7.27. The van der Waals surface area contributed by atoms with Gasteiger partial charge in [-0.25, -0.2) is 0 Å². The van der Waals surface area contributed by atoms with Gasteiger partial charge in [0.1, 0.15) is 4.88 Å². The first-order valence-electron chi connectivity index (χ1n) is 6.01. The molecule has 2 fully saturated rings. The molecule has 2 heterocycles. The zero-order valence-corrected chi connectivity index (χ0v) is 11.6. The number of nitrogens with two attached hydrogens (primary N) is 1. The Kier molecular flexibility index (Phi) is 3.10. The van der Waals surface area contributed by atoms with Crippen molar-refractivity contribution in [3.05, 3.63) is 20.8 Å². The number of amides is 1. The third kappa shape index (κ3) is 1.77. The molecule has 1 aromatic rings. The number of hydrogen-bond donors (Lipinski definition) is 2. The van der Waals surface area contributed by atoms with Crippen molar-refractivity contribution >= 4 is 28.8 Å². The van der Waals surface area contributed by atoms with Crippen molar-refractivity contribution in [1.82, 2.24) is 5.32 Å². The molecule has 0 radical (unpaired) electrons. The Morgan fingerprint density at radius 2 is 2.44 bits per heavy atom. The molecule has 3 rings (SSSR count). The second kappa shape index (κ2) is 4.49. The molecule has 3 N–H and O–H groups in total. The standard InChI is InChI=1S/C12H15ClN2O2S/c1-5-4-18-11(7(5)13)12(16)15-9-8(14)6-2-3-17-10(6)9/h4,6,8-10H,2-3,14H2,1H3,(H,15,16). The summed E-state index contributed by atoms with van der Waals surface area (Å²) in [5, 5.41) is 5.36. The molecule has 0 bridgehead atoms. The minimum atomic E-state index is -0.146. The number of fused-ring (bicyclic) bond motifs is 1. The monoisotopic (exact) mass is 286 g/mol. The molecule has 1 aliphatic carbocycles. The highest BCUT2D eigenvalue weighted by Gasteiger charge is 2.52. The van der Waals surface area contributed by atoms with Crippen molar-refractivity contribution in [3.63, 3.8) is 0 Å². The van der Waals surface area contributed by atoms with Crippen LogP contribution >= 0.6 is 22.9 Å². The first kappa shape index (κ1) is 12.4. The number of aryl methyl sites for hydroxylation is 1. The molecule has 0 spiro atoms. The third-order valence-electron chi connectivity index (χ3n) is 3.85. The van der Waals surface area contributed by atoms with E-state index >= 15 is 0 Å². The van der Waals surface area contributed by atoms with Gasteiger partial charge in [0.05, 0.1) is 17.2 Å². The van der Waals surface area contributed by atoms with Gasteiger partial charge in [-0.05, 0) is 24.3 Å². The Balaban J connectivity index is 1.70. The van der Waals surface area contributed by atoms with E-state index in [-0.39, 0.29) is 24.1 Å². The Labute approximate surface area is 114 Å². The summed E-state index contributed by atoms with van der Waals surface area (Å²) in [5.41, 5.74) is 6.98. The van der Waals surface area contributed by atoms with Crippen LogP contribution in [0.4, 0.5) is 0 Å². The summed E-state index contributed by atoms with van der Waals surface area (Å²) in [6, 6.07) is -0.0789. The molecule has 1 aliphatic heterocycles. The van der Waals surface area contributed by atoms with E-state index in [1.54, 1.807) is 0 Å². The number of ether oxygens (including phenoxy) is 1. The van der Waals surface area contributed by atoms with Gasteiger partial charge in [-0.3, -0.25) is 4.79 Å². The number of hydrogen-bond acceptors (Lipinski definition) is 4. The zero-order chi connectivity index (χ0) is 12.9. The maximum absolute atomic E-state index is 12.1. The quantitative estimate of drug-likeness (QED) is 0.867. The van der Waals surface area contributed by atoms with E-state index in [0.717, 1.165) is 18.6 Å². The topological polar surface area (TPSA) is 64.4 Å². The molecule has 18 heavy (non-hydrogen) atoms. The molecule has 2 aliphatic rings. The number of halogens is 1. The summed E-state index contributed by atoms with van der Waals surface area (Å²) < 4.78 is 5.58. The summed E-state index contributed by atoms with van der Waals surface area (Å²) in [4.78, 5) is 12.7. The smallest absolute Gasteiger partial charge is 0.263 e. The van der Waals surface area contributed by atoms with Crippen molar-refractivity contribution in [2.75, 3.05) is 6.61 Å². The minimum Gasteiger partial charge on any atom is -0.376 e. The van der Waals surface area contributed by atoms with Gasteiger partial charge in [-0.2, -0.15) is 0 Å². The van der Waals surface area contributed by atoms with Crippen molar-refractivity contribution < 1.29 is 9.53 Å². The fourth-order valence-electron chi connectivity index (χ4n) is 2.73. The lowest BCUT2D eigenvalue weighted by molar-refractivity contribution is -0.0160. The fraction of sp³-hybridized carbons (Fsp3) is 0.583. The number of thiophene rings is 1. The van der Waals surface area contributed by atoms with Crippen LogP contribution < -0.4 is 11.1 Å². The van der Waals surface area contributed by atoms with E-state index in [1.165, 1.54) is 11.3 Å². The second-order valence-corrected chi connectivity index (χ2v) is 6.18. The van der Waals surface area contributed by atoms with E-state index < -0.39 is 0 Å². The van der Waals surface area contributed by atoms with Crippen LogP contribution in [0.15, 0.2) is 5.38 Å². The molecule has 1 aromatic heterocycles. The van der Waals surface area contributed by atoms with Crippen LogP contribution in [0.2, 0.25) is 5.02 Å². The summed E-state index contributed by atoms with van der Waals surface area (Å²) in [6.07, 6.45) is 1.08. The number of nitrogens with one attached hydrogen (secondary N) is 1. The summed E-state index contributed by atoms with van der Waals surface area (Å²) in [5.74, 6) is 0.253. The Bertz CT molecular complexity index is 490. The minimum absolute atomic E-state index is 0.00119. The second-order valence-electron chi connectivity index (χ2n) is 4.93. The molecular formula is C12H15ClN2O2S. The van der Waals surface area contributed by atoms with Crippen molar-refractivity contribution in [2.24, 2.45) is 11.7 Å². The van der Waals surface area contributed by atoms with Crippen molar-refractivity contribution in [3.8, 4) is 0 Å². The molecule has 1 amide bonds. The number of carbonyl (C=O) groups excluding carboxylic acids is 1. The Hall–Kier alpha value is -0.620. The van der Waals surface area contributed by atoms with E-state index in [1.807, 2.05) is 12.3 Å². The van der Waals surface area contributed by atoms with Crippen LogP contribution in [0.3, 0.4) is 0 Å². The van der Waals surface area contributed by atoms with Gasteiger partial charge in [0, 0.05) is 18.6 Å². The molecule has 4 nitrogen and oxygen atoms in total. The van der Waals surface area contributed by atoms with Crippen LogP contribution in [-0.2, 0) is 4.74 Å². The predicted octanol–water partition coefficient (Wildman–Crippen LogP) is 1.55. The fourth-order valence-corrected chi connectivity index (χ4v) is 3.91. The lowest BCUT2D eigenvalue weighted by Gasteiger charge is -2.45. The maximum Gasteiger partial charge on any atom is 0.263 e. The zero-order valence-electron chi connectivity index (χ0n) is 9.98. The maximum atomic E-state index is 12.1. The molecule has 1 saturated heterocycles. The average Bonchev–Trinajstić information content (AvgIpc) is 2.92. The summed E-state index contributed by atoms with van der Waals surface area (Å²) >= 11 is 7.44. The van der Waals surface area contributed by atoms with E-state index in [2.05, 4.69) is 5.32 Å². The van der Waals surface area contributed by atoms with Gasteiger partial charge in [0.15, 0.2) is 0 Å². The van der Waals surface area contributed by atoms with Gasteiger partial charge in [-0.1, -0.05) is 11.6 Å². The lowest BCUT2D eigenvalue weighted by Crippen LogP contribution is -2.68. The van der Waals surface area contributed by atoms with Gasteiger partial charge in [0.2, 0.25) is 0 Å². The first-order chi connectivity index (χ1) is 8.59. The number of carbonyl (C=O) groups is 1. The average molecular weight is 287 g/mol. The Morgan fingerprint density at radius 3 is 3.11 bits per heavy atom. The van der Waals surface area contributed by atoms with Crippen LogP contribution in [0, 0.1) is 12.8 Å². The molecule has 4 atom stereocenters. The van der Waals surface area contributed by atoms with Gasteiger partial charge in [0.25, 0.3) is 5.91 Å². The largest absolute Gasteiger partial charge is 0.376 e. The molecule has 0 aromatic carbocycles. The molecular weight excluding hydrogens is 272 g/mol. The highest BCUT2D eigenvalue weighted by Crippen LogP contribution is 2.38. The SMILES string of the molecule is Cc1csc(C(=O)NC2C(N)C3CCOC32)c1Cl. The lowest BCUT2D eigenvalue weighted by atomic mass is 9.72. The van der Waals surface area contributed by atoms with Crippen LogP contribution in [-0.4, -0.2) is 30.7 Å². The molecule has 98 valence electrons. The molecule has 1 saturated carbocycles. The van der Waals surface area contributed by atoms with Crippen molar-refractivity contribution in [2.45, 2.75) is 31.5 Å². The van der Waals surface area contributed by atoms with Crippen LogP contribution in [0.1, 0.15) is 21.7 Å². The van der Waals surface area contributed by atoms with Gasteiger partial charge < -0.3 is 15.8 Å². The highest BCUT2D eigenvalue weighted by molar-refractivity contribution is 7.13. The molecule has 6 heteroatoms. The van der Waals surface area contributed by atoms with Crippen LogP contribution in [0.25, 0.3) is 0 Å². The number of rotatable bonds is 2. The highest BCUT2D eigenvalue weighted by atomic mass is 35.5. The summed E-state index contributed by atoms with van der Waals surface area (Å²) in [6.45, 7) is 2.63.